The minimum Gasteiger partial charge on any atom is -0.379 e. The Morgan fingerprint density at radius 3 is 2.83 bits per heavy atom. The van der Waals surface area contributed by atoms with Crippen LogP contribution in [0.5, 0.6) is 0 Å². The minimum atomic E-state index is 0.194. The van der Waals surface area contributed by atoms with Crippen LogP contribution in [0.2, 0.25) is 5.02 Å². The van der Waals surface area contributed by atoms with Crippen LogP contribution in [-0.2, 0) is 10.2 Å². The maximum Gasteiger partial charge on any atom is 0.0586 e. The van der Waals surface area contributed by atoms with E-state index in [1.165, 1.54) is 31.2 Å². The summed E-state index contributed by atoms with van der Waals surface area (Å²) in [6, 6.07) is 8.93. The Balaban J connectivity index is 1.77. The van der Waals surface area contributed by atoms with Gasteiger partial charge in [0, 0.05) is 16.5 Å². The molecule has 2 nitrogen and oxygen atoms in total. The van der Waals surface area contributed by atoms with Crippen LogP contribution in [0.4, 0.5) is 0 Å². The van der Waals surface area contributed by atoms with E-state index in [0.29, 0.717) is 6.04 Å². The SMILES string of the molecule is Clc1cccc(C2(CC3CCCCN3)COC2)c1. The van der Waals surface area contributed by atoms with Crippen LogP contribution in [0.1, 0.15) is 31.2 Å². The van der Waals surface area contributed by atoms with Gasteiger partial charge in [-0.1, -0.05) is 30.2 Å². The Morgan fingerprint density at radius 1 is 1.33 bits per heavy atom. The highest BCUT2D eigenvalue weighted by molar-refractivity contribution is 6.30. The van der Waals surface area contributed by atoms with E-state index in [9.17, 15) is 0 Å². The van der Waals surface area contributed by atoms with Gasteiger partial charge in [0.05, 0.1) is 13.2 Å². The van der Waals surface area contributed by atoms with Gasteiger partial charge in [-0.25, -0.2) is 0 Å². The van der Waals surface area contributed by atoms with Crippen molar-refractivity contribution in [3.8, 4) is 0 Å². The quantitative estimate of drug-likeness (QED) is 0.907. The van der Waals surface area contributed by atoms with Gasteiger partial charge < -0.3 is 10.1 Å². The van der Waals surface area contributed by atoms with Gasteiger partial charge in [0.1, 0.15) is 0 Å². The standard InChI is InChI=1S/C15H20ClNO/c16-13-5-3-4-12(8-13)15(10-18-11-15)9-14-6-1-2-7-17-14/h3-5,8,14,17H,1-2,6-7,9-11H2. The molecule has 0 bridgehead atoms. The molecule has 0 saturated carbocycles. The van der Waals surface area contributed by atoms with Crippen molar-refractivity contribution in [3.05, 3.63) is 34.9 Å². The maximum atomic E-state index is 6.12. The van der Waals surface area contributed by atoms with Crippen LogP contribution < -0.4 is 5.32 Å². The molecule has 2 heterocycles. The van der Waals surface area contributed by atoms with Crippen molar-refractivity contribution in [1.29, 1.82) is 0 Å². The first-order valence-electron chi connectivity index (χ1n) is 6.86. The third-order valence-electron chi connectivity index (χ3n) is 4.24. The van der Waals surface area contributed by atoms with E-state index in [4.69, 9.17) is 16.3 Å². The topological polar surface area (TPSA) is 21.3 Å². The minimum absolute atomic E-state index is 0.194. The molecule has 1 aromatic rings. The number of nitrogens with one attached hydrogen (secondary N) is 1. The molecule has 2 aliphatic rings. The highest BCUT2D eigenvalue weighted by Crippen LogP contribution is 2.38. The van der Waals surface area contributed by atoms with Crippen LogP contribution in [0.3, 0.4) is 0 Å². The van der Waals surface area contributed by atoms with E-state index in [-0.39, 0.29) is 5.41 Å². The first kappa shape index (κ1) is 12.5. The Hall–Kier alpha value is -0.570. The highest BCUT2D eigenvalue weighted by atomic mass is 35.5. The van der Waals surface area contributed by atoms with E-state index < -0.39 is 0 Å². The van der Waals surface area contributed by atoms with Crippen LogP contribution >= 0.6 is 11.6 Å². The second-order valence-corrected chi connectivity index (χ2v) is 6.07. The Labute approximate surface area is 114 Å². The summed E-state index contributed by atoms with van der Waals surface area (Å²) in [5, 5.41) is 4.47. The number of benzene rings is 1. The molecule has 0 aliphatic carbocycles. The van der Waals surface area contributed by atoms with Gasteiger partial charge in [-0.3, -0.25) is 0 Å². The molecule has 2 fully saturated rings. The molecule has 1 atom stereocenters. The molecule has 3 rings (SSSR count). The third kappa shape index (κ3) is 2.42. The van der Waals surface area contributed by atoms with Gasteiger partial charge in [0.25, 0.3) is 0 Å². The van der Waals surface area contributed by atoms with Gasteiger partial charge in [-0.15, -0.1) is 0 Å². The number of halogens is 1. The summed E-state index contributed by atoms with van der Waals surface area (Å²) in [6.45, 7) is 2.84. The van der Waals surface area contributed by atoms with Gasteiger partial charge in [0.15, 0.2) is 0 Å². The third-order valence-corrected chi connectivity index (χ3v) is 4.48. The summed E-state index contributed by atoms with van der Waals surface area (Å²) in [7, 11) is 0. The zero-order valence-electron chi connectivity index (χ0n) is 10.6. The predicted octanol–water partition coefficient (Wildman–Crippen LogP) is 3.14. The van der Waals surface area contributed by atoms with Crippen molar-refractivity contribution in [3.63, 3.8) is 0 Å². The number of rotatable bonds is 3. The van der Waals surface area contributed by atoms with Gasteiger partial charge in [-0.2, -0.15) is 0 Å². The summed E-state index contributed by atoms with van der Waals surface area (Å²) >= 11 is 6.12. The molecule has 1 N–H and O–H groups in total. The van der Waals surface area contributed by atoms with E-state index in [2.05, 4.69) is 17.4 Å². The smallest absolute Gasteiger partial charge is 0.0586 e. The number of hydrogen-bond acceptors (Lipinski definition) is 2. The monoisotopic (exact) mass is 265 g/mol. The van der Waals surface area contributed by atoms with Crippen molar-refractivity contribution < 1.29 is 4.74 Å². The molecule has 1 unspecified atom stereocenters. The van der Waals surface area contributed by atoms with Crippen molar-refractivity contribution >= 4 is 11.6 Å². The lowest BCUT2D eigenvalue weighted by Gasteiger charge is -2.45. The zero-order valence-corrected chi connectivity index (χ0v) is 11.4. The van der Waals surface area contributed by atoms with Gasteiger partial charge in [-0.05, 0) is 43.5 Å². The summed E-state index contributed by atoms with van der Waals surface area (Å²) in [6.07, 6.45) is 5.14. The van der Waals surface area contributed by atoms with Gasteiger partial charge in [0.2, 0.25) is 0 Å². The molecule has 0 spiro atoms. The summed E-state index contributed by atoms with van der Waals surface area (Å²) < 4.78 is 5.50. The highest BCUT2D eigenvalue weighted by Gasteiger charge is 2.42. The van der Waals surface area contributed by atoms with Gasteiger partial charge >= 0.3 is 0 Å². The van der Waals surface area contributed by atoms with Crippen LogP contribution in [-0.4, -0.2) is 25.8 Å². The predicted molar refractivity (Wildman–Crippen MR) is 74.2 cm³/mol. The lowest BCUT2D eigenvalue weighted by Crippen LogP contribution is -2.51. The number of piperidine rings is 1. The Bertz CT molecular complexity index is 411. The fraction of sp³-hybridized carbons (Fsp3) is 0.600. The molecular weight excluding hydrogens is 246 g/mol. The molecule has 0 aromatic heterocycles. The van der Waals surface area contributed by atoms with Crippen molar-refractivity contribution in [2.75, 3.05) is 19.8 Å². The van der Waals surface area contributed by atoms with E-state index in [0.717, 1.165) is 24.8 Å². The fourth-order valence-corrected chi connectivity index (χ4v) is 3.33. The van der Waals surface area contributed by atoms with Crippen molar-refractivity contribution in [2.24, 2.45) is 0 Å². The normalized spacial score (nSPS) is 26.6. The average Bonchev–Trinajstić information content (AvgIpc) is 2.35. The molecule has 3 heteroatoms. The number of ether oxygens (including phenoxy) is 1. The maximum absolute atomic E-state index is 6.12. The molecular formula is C15H20ClNO. The summed E-state index contributed by atoms with van der Waals surface area (Å²) in [5.74, 6) is 0. The largest absolute Gasteiger partial charge is 0.379 e. The zero-order chi connectivity index (χ0) is 12.4. The van der Waals surface area contributed by atoms with E-state index in [1.807, 2.05) is 12.1 Å². The molecule has 98 valence electrons. The average molecular weight is 266 g/mol. The van der Waals surface area contributed by atoms with Crippen molar-refractivity contribution in [1.82, 2.24) is 5.32 Å². The molecule has 18 heavy (non-hydrogen) atoms. The molecule has 0 radical (unpaired) electrons. The van der Waals surface area contributed by atoms with E-state index >= 15 is 0 Å². The molecule has 1 aromatic carbocycles. The number of hydrogen-bond donors (Lipinski definition) is 1. The van der Waals surface area contributed by atoms with Crippen LogP contribution in [0.25, 0.3) is 0 Å². The van der Waals surface area contributed by atoms with Crippen molar-refractivity contribution in [2.45, 2.75) is 37.1 Å². The van der Waals surface area contributed by atoms with Crippen LogP contribution in [0, 0.1) is 0 Å². The fourth-order valence-electron chi connectivity index (χ4n) is 3.14. The first-order valence-corrected chi connectivity index (χ1v) is 7.24. The Morgan fingerprint density at radius 2 is 2.22 bits per heavy atom. The summed E-state index contributed by atoms with van der Waals surface area (Å²) in [5.41, 5.74) is 1.54. The molecule has 0 amide bonds. The second kappa shape index (κ2) is 5.20. The molecule has 2 saturated heterocycles. The second-order valence-electron chi connectivity index (χ2n) is 5.63. The molecule has 2 aliphatic heterocycles. The lowest BCUT2D eigenvalue weighted by molar-refractivity contribution is -0.0696. The first-order chi connectivity index (χ1) is 8.78. The Kier molecular flexibility index (Phi) is 3.60. The summed E-state index contributed by atoms with van der Waals surface area (Å²) in [4.78, 5) is 0. The van der Waals surface area contributed by atoms with E-state index in [1.54, 1.807) is 0 Å². The lowest BCUT2D eigenvalue weighted by atomic mass is 9.73. The van der Waals surface area contributed by atoms with Crippen LogP contribution in [0.15, 0.2) is 24.3 Å².